The zero-order valence-electron chi connectivity index (χ0n) is 21.5. The summed E-state index contributed by atoms with van der Waals surface area (Å²) < 4.78 is 115. The number of benzene rings is 1. The summed E-state index contributed by atoms with van der Waals surface area (Å²) in [6, 6.07) is 0. The van der Waals surface area contributed by atoms with Gasteiger partial charge in [-0.05, 0) is 74.6 Å². The van der Waals surface area contributed by atoms with Crippen LogP contribution >= 0.6 is 0 Å². The van der Waals surface area contributed by atoms with Gasteiger partial charge in [-0.25, -0.2) is 0 Å². The van der Waals surface area contributed by atoms with E-state index in [1.54, 1.807) is 0 Å². The highest BCUT2D eigenvalue weighted by Gasteiger charge is 2.07. The van der Waals surface area contributed by atoms with Gasteiger partial charge in [0.15, 0.2) is 0 Å². The van der Waals surface area contributed by atoms with Gasteiger partial charge in [0.25, 0.3) is 0 Å². The molecule has 0 heteroatoms. The molecule has 0 radical (unpaired) electrons. The highest BCUT2D eigenvalue weighted by atomic mass is 14.1. The molecule has 1 aromatic carbocycles. The van der Waals surface area contributed by atoms with Crippen LogP contribution in [0, 0.1) is 41.2 Å². The molecule has 0 aliphatic carbocycles. The maximum Gasteiger partial charge on any atom is 0.0280 e. The van der Waals surface area contributed by atoms with Crippen LogP contribution in [0.25, 0.3) is 0 Å². The minimum atomic E-state index is -3.37. The van der Waals surface area contributed by atoms with Gasteiger partial charge in [-0.2, -0.15) is 0 Å². The number of rotatable bonds is 0. The summed E-state index contributed by atoms with van der Waals surface area (Å²) in [4.78, 5) is 0. The van der Waals surface area contributed by atoms with Crippen LogP contribution in [0.2, 0.25) is 0 Å². The van der Waals surface area contributed by atoms with E-state index in [4.69, 9.17) is 20.6 Å². The van der Waals surface area contributed by atoms with Gasteiger partial charge < -0.3 is 0 Å². The predicted octanol–water partition coefficient (Wildman–Crippen LogP) is 3.54. The third-order valence-corrected chi connectivity index (χ3v) is 1.75. The van der Waals surface area contributed by atoms with E-state index in [2.05, 4.69) is 0 Å². The van der Waals surface area contributed by atoms with Crippen molar-refractivity contribution in [3.8, 4) is 0 Å². The summed E-state index contributed by atoms with van der Waals surface area (Å²) in [5.41, 5.74) is -6.08. The monoisotopic (exact) mass is 177 g/mol. The fraction of sp³-hybridized carbons (Fsp3) is 0.500. The molecular weight excluding hydrogens is 144 g/mol. The SMILES string of the molecule is [2H]C([2H])([2H])c1c(C)c(C([2H])([2H])[2H])c(C([2H])([2H])[2H])c(C([2H])([2H])[2H])c1C([2H])([2H])[2H]. The van der Waals surface area contributed by atoms with Crippen molar-refractivity contribution in [1.29, 1.82) is 0 Å². The Bertz CT molecular complexity index is 667. The molecular formula is C12H18. The Morgan fingerprint density at radius 1 is 0.583 bits per heavy atom. The largest absolute Gasteiger partial charge is 0.0447 e. The third-order valence-electron chi connectivity index (χ3n) is 1.75. The lowest BCUT2D eigenvalue weighted by Crippen LogP contribution is -1.98. The minimum absolute atomic E-state index is 0.583. The first kappa shape index (κ1) is 1.70. The summed E-state index contributed by atoms with van der Waals surface area (Å²) in [5, 5.41) is 0. The summed E-state index contributed by atoms with van der Waals surface area (Å²) >= 11 is 0. The smallest absolute Gasteiger partial charge is 0.0280 e. The molecule has 0 bridgehead atoms. The maximum atomic E-state index is 7.65. The summed E-state index contributed by atoms with van der Waals surface area (Å²) in [6.45, 7) is -15.3. The van der Waals surface area contributed by atoms with Crippen molar-refractivity contribution in [1.82, 2.24) is 0 Å². The van der Waals surface area contributed by atoms with Crippen LogP contribution in [0.5, 0.6) is 0 Å². The highest BCUT2D eigenvalue weighted by molar-refractivity contribution is 5.48. The van der Waals surface area contributed by atoms with E-state index >= 15 is 0 Å². The molecule has 0 aromatic heterocycles. The second kappa shape index (κ2) is 2.93. The second-order valence-corrected chi connectivity index (χ2v) is 2.50. The third kappa shape index (κ3) is 1.16. The Balaban J connectivity index is 4.58. The summed E-state index contributed by atoms with van der Waals surface area (Å²) in [7, 11) is 0. The molecule has 0 heterocycles. The van der Waals surface area contributed by atoms with Crippen molar-refractivity contribution in [2.24, 2.45) is 0 Å². The first-order chi connectivity index (χ1) is 11.5. The quantitative estimate of drug-likeness (QED) is 0.568. The van der Waals surface area contributed by atoms with Gasteiger partial charge in [0.1, 0.15) is 0 Å². The first-order valence-electron chi connectivity index (χ1n) is 10.8. The van der Waals surface area contributed by atoms with Gasteiger partial charge in [0, 0.05) is 20.6 Å². The normalized spacial score (nSPS) is 34.2. The van der Waals surface area contributed by atoms with Crippen LogP contribution < -0.4 is 0 Å². The van der Waals surface area contributed by atoms with Gasteiger partial charge in [-0.3, -0.25) is 0 Å². The van der Waals surface area contributed by atoms with Crippen molar-refractivity contribution in [3.05, 3.63) is 33.4 Å². The van der Waals surface area contributed by atoms with Crippen molar-refractivity contribution >= 4 is 0 Å². The Labute approximate surface area is 96.7 Å². The molecule has 12 heavy (non-hydrogen) atoms. The molecule has 0 atom stereocenters. The van der Waals surface area contributed by atoms with Gasteiger partial charge in [0.05, 0.1) is 0 Å². The van der Waals surface area contributed by atoms with Gasteiger partial charge in [-0.15, -0.1) is 0 Å². The number of hydrogen-bond donors (Lipinski definition) is 0. The molecule has 0 saturated carbocycles. The summed E-state index contributed by atoms with van der Waals surface area (Å²) in [6.07, 6.45) is 0. The second-order valence-electron chi connectivity index (χ2n) is 2.50. The van der Waals surface area contributed by atoms with Crippen LogP contribution in [0.3, 0.4) is 0 Å². The minimum Gasteiger partial charge on any atom is -0.0447 e. The Hall–Kier alpha value is -0.780. The topological polar surface area (TPSA) is 0 Å². The Morgan fingerprint density at radius 2 is 0.833 bits per heavy atom. The molecule has 66 valence electrons. The maximum absolute atomic E-state index is 7.65. The van der Waals surface area contributed by atoms with E-state index in [0.29, 0.717) is 0 Å². The first-order valence-corrected chi connectivity index (χ1v) is 3.25. The zero-order valence-corrected chi connectivity index (χ0v) is 6.50. The molecule has 0 fully saturated rings. The lowest BCUT2D eigenvalue weighted by atomic mass is 9.90. The lowest BCUT2D eigenvalue weighted by molar-refractivity contribution is 1.13. The van der Waals surface area contributed by atoms with Gasteiger partial charge in [-0.1, -0.05) is 0 Å². The van der Waals surface area contributed by atoms with Crippen molar-refractivity contribution in [2.75, 3.05) is 0 Å². The fourth-order valence-corrected chi connectivity index (χ4v) is 0.875. The molecule has 0 nitrogen and oxygen atoms in total. The van der Waals surface area contributed by atoms with Crippen LogP contribution in [0.15, 0.2) is 0 Å². The Morgan fingerprint density at radius 3 is 1.08 bits per heavy atom. The average molecular weight is 177 g/mol. The fourth-order valence-electron chi connectivity index (χ4n) is 0.875. The molecule has 0 aliphatic heterocycles. The summed E-state index contributed by atoms with van der Waals surface area (Å²) in [5.74, 6) is 0. The van der Waals surface area contributed by atoms with Gasteiger partial charge >= 0.3 is 0 Å². The average Bonchev–Trinajstić information content (AvgIpc) is 2.29. The molecule has 0 aliphatic rings. The molecule has 0 saturated heterocycles. The van der Waals surface area contributed by atoms with E-state index in [9.17, 15) is 0 Å². The van der Waals surface area contributed by atoms with Crippen molar-refractivity contribution in [3.63, 3.8) is 0 Å². The standard InChI is InChI=1S/C12H18/c1-7-8(2)10(4)12(6)11(5)9(7)3/h1-6H3/i1D3,2D3,3D3,4D3,5D3. The Kier molecular flexibility index (Phi) is 0.416. The molecule has 1 aromatic rings. The van der Waals surface area contributed by atoms with E-state index in [-0.39, 0.29) is 0 Å². The van der Waals surface area contributed by atoms with Crippen LogP contribution in [0.1, 0.15) is 53.9 Å². The van der Waals surface area contributed by atoms with E-state index in [1.165, 1.54) is 0 Å². The predicted molar refractivity (Wildman–Crippen MR) is 54.9 cm³/mol. The molecule has 1 rings (SSSR count). The van der Waals surface area contributed by atoms with Crippen LogP contribution in [-0.4, -0.2) is 0 Å². The van der Waals surface area contributed by atoms with Crippen molar-refractivity contribution in [2.45, 2.75) is 41.2 Å². The molecule has 0 unspecified atom stereocenters. The van der Waals surface area contributed by atoms with E-state index < -0.39 is 67.6 Å². The lowest BCUT2D eigenvalue weighted by Gasteiger charge is -2.15. The van der Waals surface area contributed by atoms with Crippen molar-refractivity contribution < 1.29 is 20.6 Å². The van der Waals surface area contributed by atoms with Gasteiger partial charge in [0.2, 0.25) is 0 Å². The molecule has 0 amide bonds. The van der Waals surface area contributed by atoms with Crippen LogP contribution in [-0.2, 0) is 0 Å². The highest BCUT2D eigenvalue weighted by Crippen LogP contribution is 2.24. The zero-order chi connectivity index (χ0) is 22.0. The molecule has 0 N–H and O–H groups in total. The van der Waals surface area contributed by atoms with E-state index in [1.807, 2.05) is 0 Å². The van der Waals surface area contributed by atoms with Crippen LogP contribution in [0.4, 0.5) is 0 Å². The molecule has 0 spiro atoms. The van der Waals surface area contributed by atoms with E-state index in [0.717, 1.165) is 6.92 Å². The number of hydrogen-bond acceptors (Lipinski definition) is 0.